The van der Waals surface area contributed by atoms with E-state index in [2.05, 4.69) is 0 Å². The lowest BCUT2D eigenvalue weighted by molar-refractivity contribution is -0.0635. The highest BCUT2D eigenvalue weighted by Gasteiger charge is 2.45. The summed E-state index contributed by atoms with van der Waals surface area (Å²) in [7, 11) is 0. The SMILES string of the molecule is C[C@@H](O)C[C@H]1COC(C)(C)N1C(=O)OC(C)(C)C. The second-order valence-corrected chi connectivity index (χ2v) is 6.35. The maximum atomic E-state index is 12.2. The van der Waals surface area contributed by atoms with E-state index < -0.39 is 23.5 Å². The van der Waals surface area contributed by atoms with Gasteiger partial charge in [-0.3, -0.25) is 4.90 Å². The lowest BCUT2D eigenvalue weighted by Gasteiger charge is -2.35. The molecule has 0 aromatic heterocycles. The highest BCUT2D eigenvalue weighted by molar-refractivity contribution is 5.69. The fourth-order valence-corrected chi connectivity index (χ4v) is 2.13. The highest BCUT2D eigenvalue weighted by Crippen LogP contribution is 2.31. The summed E-state index contributed by atoms with van der Waals surface area (Å²) in [5.41, 5.74) is -1.23. The van der Waals surface area contributed by atoms with E-state index in [1.165, 1.54) is 0 Å². The number of carbonyl (C=O) groups is 1. The van der Waals surface area contributed by atoms with Crippen molar-refractivity contribution in [3.8, 4) is 0 Å². The van der Waals surface area contributed by atoms with E-state index >= 15 is 0 Å². The van der Waals surface area contributed by atoms with Crippen LogP contribution in [0.3, 0.4) is 0 Å². The molecule has 106 valence electrons. The molecule has 1 amide bonds. The van der Waals surface area contributed by atoms with Crippen LogP contribution in [0.15, 0.2) is 0 Å². The Morgan fingerprint density at radius 3 is 2.56 bits per heavy atom. The largest absolute Gasteiger partial charge is 0.444 e. The number of ether oxygens (including phenoxy) is 2. The molecular weight excluding hydrogens is 234 g/mol. The Balaban J connectivity index is 2.82. The highest BCUT2D eigenvalue weighted by atomic mass is 16.6. The molecule has 1 aliphatic heterocycles. The fourth-order valence-electron chi connectivity index (χ4n) is 2.13. The van der Waals surface area contributed by atoms with Crippen LogP contribution >= 0.6 is 0 Å². The van der Waals surface area contributed by atoms with E-state index in [9.17, 15) is 9.90 Å². The van der Waals surface area contributed by atoms with Crippen LogP contribution < -0.4 is 0 Å². The molecule has 0 unspecified atom stereocenters. The predicted octanol–water partition coefficient (Wildman–Crippen LogP) is 2.13. The van der Waals surface area contributed by atoms with Gasteiger partial charge >= 0.3 is 6.09 Å². The van der Waals surface area contributed by atoms with Crippen LogP contribution in [0.4, 0.5) is 4.79 Å². The molecule has 1 fully saturated rings. The Labute approximate surface area is 109 Å². The van der Waals surface area contributed by atoms with Crippen molar-refractivity contribution in [2.24, 2.45) is 0 Å². The van der Waals surface area contributed by atoms with Crippen molar-refractivity contribution in [1.29, 1.82) is 0 Å². The molecule has 18 heavy (non-hydrogen) atoms. The maximum Gasteiger partial charge on any atom is 0.412 e. The van der Waals surface area contributed by atoms with Gasteiger partial charge in [-0.05, 0) is 48.0 Å². The van der Waals surface area contributed by atoms with E-state index in [-0.39, 0.29) is 6.04 Å². The molecule has 0 aromatic carbocycles. The smallest absolute Gasteiger partial charge is 0.412 e. The summed E-state index contributed by atoms with van der Waals surface area (Å²) in [6, 6.07) is -0.144. The molecule has 1 heterocycles. The van der Waals surface area contributed by atoms with Gasteiger partial charge in [-0.2, -0.15) is 0 Å². The van der Waals surface area contributed by atoms with Crippen LogP contribution in [0.25, 0.3) is 0 Å². The number of aliphatic hydroxyl groups is 1. The van der Waals surface area contributed by atoms with Gasteiger partial charge in [0.1, 0.15) is 11.3 Å². The van der Waals surface area contributed by atoms with Crippen molar-refractivity contribution in [3.05, 3.63) is 0 Å². The van der Waals surface area contributed by atoms with Gasteiger partial charge in [-0.15, -0.1) is 0 Å². The fraction of sp³-hybridized carbons (Fsp3) is 0.923. The maximum absolute atomic E-state index is 12.2. The Hall–Kier alpha value is -0.810. The van der Waals surface area contributed by atoms with Crippen molar-refractivity contribution >= 4 is 6.09 Å². The van der Waals surface area contributed by atoms with E-state index in [1.54, 1.807) is 11.8 Å². The first kappa shape index (κ1) is 15.2. The van der Waals surface area contributed by atoms with E-state index in [0.717, 1.165) is 0 Å². The molecule has 1 rings (SSSR count). The molecule has 2 atom stereocenters. The number of amides is 1. The van der Waals surface area contributed by atoms with Crippen molar-refractivity contribution in [2.45, 2.75) is 71.4 Å². The summed E-state index contributed by atoms with van der Waals surface area (Å²) in [6.07, 6.45) is -0.379. The Kier molecular flexibility index (Phi) is 4.28. The summed E-state index contributed by atoms with van der Waals surface area (Å²) in [4.78, 5) is 13.8. The van der Waals surface area contributed by atoms with Crippen LogP contribution in [-0.4, -0.2) is 46.2 Å². The number of hydrogen-bond acceptors (Lipinski definition) is 4. The number of hydrogen-bond donors (Lipinski definition) is 1. The van der Waals surface area contributed by atoms with Gasteiger partial charge in [-0.1, -0.05) is 0 Å². The minimum Gasteiger partial charge on any atom is -0.444 e. The zero-order valence-electron chi connectivity index (χ0n) is 12.2. The number of carbonyl (C=O) groups excluding carboxylic acids is 1. The molecule has 1 N–H and O–H groups in total. The van der Waals surface area contributed by atoms with Crippen molar-refractivity contribution in [2.75, 3.05) is 6.61 Å². The minimum absolute atomic E-state index is 0.144. The topological polar surface area (TPSA) is 59.0 Å². The van der Waals surface area contributed by atoms with Crippen molar-refractivity contribution in [1.82, 2.24) is 4.90 Å². The third-order valence-electron chi connectivity index (χ3n) is 2.78. The van der Waals surface area contributed by atoms with Gasteiger partial charge in [0.25, 0.3) is 0 Å². The van der Waals surface area contributed by atoms with E-state index in [4.69, 9.17) is 9.47 Å². The monoisotopic (exact) mass is 259 g/mol. The molecule has 0 bridgehead atoms. The molecule has 0 aromatic rings. The van der Waals surface area contributed by atoms with Gasteiger partial charge in [0.05, 0.1) is 18.8 Å². The van der Waals surface area contributed by atoms with Crippen LogP contribution in [0, 0.1) is 0 Å². The molecule has 0 aliphatic carbocycles. The Morgan fingerprint density at radius 1 is 1.56 bits per heavy atom. The first-order valence-corrected chi connectivity index (χ1v) is 6.37. The van der Waals surface area contributed by atoms with Gasteiger partial charge in [-0.25, -0.2) is 4.79 Å². The van der Waals surface area contributed by atoms with Crippen LogP contribution in [0.2, 0.25) is 0 Å². The van der Waals surface area contributed by atoms with Gasteiger partial charge in [0, 0.05) is 0 Å². The zero-order chi connectivity index (χ0) is 14.1. The number of rotatable bonds is 2. The lowest BCUT2D eigenvalue weighted by Crippen LogP contribution is -2.50. The quantitative estimate of drug-likeness (QED) is 0.825. The standard InChI is InChI=1S/C13H25NO4/c1-9(15)7-10-8-17-13(5,6)14(10)11(16)18-12(2,3)4/h9-10,15H,7-8H2,1-6H3/t9-,10+/m1/s1. The summed E-state index contributed by atoms with van der Waals surface area (Å²) in [6.45, 7) is 11.3. The Morgan fingerprint density at radius 2 is 2.11 bits per heavy atom. The van der Waals surface area contributed by atoms with Gasteiger partial charge in [0.15, 0.2) is 0 Å². The van der Waals surface area contributed by atoms with E-state index in [0.29, 0.717) is 13.0 Å². The van der Waals surface area contributed by atoms with Gasteiger partial charge in [0.2, 0.25) is 0 Å². The zero-order valence-corrected chi connectivity index (χ0v) is 12.2. The molecule has 5 nitrogen and oxygen atoms in total. The summed E-state index contributed by atoms with van der Waals surface area (Å²) in [5.74, 6) is 0. The van der Waals surface area contributed by atoms with Crippen molar-refractivity contribution in [3.63, 3.8) is 0 Å². The lowest BCUT2D eigenvalue weighted by atomic mass is 10.1. The molecule has 0 spiro atoms. The number of aliphatic hydroxyl groups excluding tert-OH is 1. The average molecular weight is 259 g/mol. The average Bonchev–Trinajstić information content (AvgIpc) is 2.36. The Bertz CT molecular complexity index is 307. The predicted molar refractivity (Wildman–Crippen MR) is 68.2 cm³/mol. The van der Waals surface area contributed by atoms with Crippen LogP contribution in [0.1, 0.15) is 48.0 Å². The first-order valence-electron chi connectivity index (χ1n) is 6.37. The van der Waals surface area contributed by atoms with Crippen LogP contribution in [0.5, 0.6) is 0 Å². The molecule has 5 heteroatoms. The molecule has 1 saturated heterocycles. The molecule has 0 radical (unpaired) electrons. The number of nitrogens with zero attached hydrogens (tertiary/aromatic N) is 1. The van der Waals surface area contributed by atoms with Gasteiger partial charge < -0.3 is 14.6 Å². The van der Waals surface area contributed by atoms with Crippen molar-refractivity contribution < 1.29 is 19.4 Å². The summed E-state index contributed by atoms with van der Waals surface area (Å²) in [5, 5.41) is 9.48. The van der Waals surface area contributed by atoms with E-state index in [1.807, 2.05) is 34.6 Å². The summed E-state index contributed by atoms with van der Waals surface area (Å²) >= 11 is 0. The second-order valence-electron chi connectivity index (χ2n) is 6.35. The molecular formula is C13H25NO4. The first-order chi connectivity index (χ1) is 8.03. The third-order valence-corrected chi connectivity index (χ3v) is 2.78. The minimum atomic E-state index is -0.693. The normalized spacial score (nSPS) is 25.1. The molecule has 0 saturated carbocycles. The third kappa shape index (κ3) is 3.85. The molecule has 1 aliphatic rings. The second kappa shape index (κ2) is 5.05. The van der Waals surface area contributed by atoms with Crippen LogP contribution in [-0.2, 0) is 9.47 Å². The summed E-state index contributed by atoms with van der Waals surface area (Å²) < 4.78 is 11.0.